The molecule has 1 saturated heterocycles. The Kier molecular flexibility index (Phi) is 6.31. The van der Waals surface area contributed by atoms with Crippen LogP contribution in [0.4, 0.5) is 10.2 Å². The van der Waals surface area contributed by atoms with E-state index in [0.29, 0.717) is 24.8 Å². The lowest BCUT2D eigenvalue weighted by Gasteiger charge is -2.39. The number of rotatable bonds is 5. The van der Waals surface area contributed by atoms with Gasteiger partial charge in [0, 0.05) is 29.8 Å². The van der Waals surface area contributed by atoms with E-state index >= 15 is 0 Å². The van der Waals surface area contributed by atoms with Gasteiger partial charge < -0.3 is 15.0 Å². The van der Waals surface area contributed by atoms with Crippen molar-refractivity contribution in [2.75, 3.05) is 25.5 Å². The fraction of sp³-hybridized carbons (Fsp3) is 0.400. The van der Waals surface area contributed by atoms with Crippen LogP contribution in [-0.2, 0) is 0 Å². The molecule has 7 heteroatoms. The summed E-state index contributed by atoms with van der Waals surface area (Å²) in [6.45, 7) is 3.35. The van der Waals surface area contributed by atoms with Gasteiger partial charge in [-0.15, -0.1) is 0 Å². The smallest absolute Gasteiger partial charge is 0.258 e. The van der Waals surface area contributed by atoms with Crippen LogP contribution in [0.15, 0.2) is 41.0 Å². The minimum Gasteiger partial charge on any atom is -0.496 e. The second-order valence-electron chi connectivity index (χ2n) is 6.88. The number of benzene rings is 1. The number of nitrogens with zero attached hydrogens (tertiary/aromatic N) is 2. The molecule has 3 rings (SSSR count). The van der Waals surface area contributed by atoms with Crippen LogP contribution >= 0.6 is 15.9 Å². The van der Waals surface area contributed by atoms with Crippen LogP contribution in [0.3, 0.4) is 0 Å². The summed E-state index contributed by atoms with van der Waals surface area (Å²) in [7, 11) is 1.49. The number of piperidine rings is 1. The number of nitrogens with one attached hydrogen (secondary N) is 1. The molecule has 1 aromatic carbocycles. The molecule has 5 nitrogen and oxygen atoms in total. The largest absolute Gasteiger partial charge is 0.496 e. The van der Waals surface area contributed by atoms with E-state index in [1.54, 1.807) is 6.20 Å². The molecular formula is C20H23BrFN3O2. The van der Waals surface area contributed by atoms with Crippen molar-refractivity contribution in [1.29, 1.82) is 0 Å². The number of aromatic nitrogens is 1. The number of pyridine rings is 1. The monoisotopic (exact) mass is 435 g/mol. The summed E-state index contributed by atoms with van der Waals surface area (Å²) in [5.41, 5.74) is 0.262. The Labute approximate surface area is 167 Å². The number of carbonyl (C=O) groups is 1. The van der Waals surface area contributed by atoms with Crippen molar-refractivity contribution < 1.29 is 13.9 Å². The second-order valence-corrected chi connectivity index (χ2v) is 7.80. The first kappa shape index (κ1) is 19.6. The van der Waals surface area contributed by atoms with E-state index in [4.69, 9.17) is 4.74 Å². The summed E-state index contributed by atoms with van der Waals surface area (Å²) in [5, 5.41) is 3.30. The lowest BCUT2D eigenvalue weighted by atomic mass is 9.93. The lowest BCUT2D eigenvalue weighted by molar-refractivity contribution is 0.0561. The zero-order chi connectivity index (χ0) is 19.4. The minimum atomic E-state index is -0.446. The van der Waals surface area contributed by atoms with Gasteiger partial charge in [0.2, 0.25) is 0 Å². The Morgan fingerprint density at radius 1 is 1.37 bits per heavy atom. The molecule has 27 heavy (non-hydrogen) atoms. The first-order valence-electron chi connectivity index (χ1n) is 8.98. The zero-order valence-electron chi connectivity index (χ0n) is 15.4. The zero-order valence-corrected chi connectivity index (χ0v) is 17.0. The number of methoxy groups -OCH3 is 1. The highest BCUT2D eigenvalue weighted by molar-refractivity contribution is 9.10. The lowest BCUT2D eigenvalue weighted by Crippen LogP contribution is -2.49. The molecule has 0 saturated carbocycles. The molecule has 0 bridgehead atoms. The van der Waals surface area contributed by atoms with Gasteiger partial charge >= 0.3 is 0 Å². The van der Waals surface area contributed by atoms with Crippen LogP contribution < -0.4 is 10.1 Å². The predicted octanol–water partition coefficient (Wildman–Crippen LogP) is 4.34. The van der Waals surface area contributed by atoms with E-state index in [0.717, 1.165) is 23.1 Å². The SMILES string of the molecule is COc1ccc(F)cc1C(=O)N1C[C@@H](C)CCC1CNc1ccc(Br)cn1. The quantitative estimate of drug-likeness (QED) is 0.758. The predicted molar refractivity (Wildman–Crippen MR) is 107 cm³/mol. The summed E-state index contributed by atoms with van der Waals surface area (Å²) < 4.78 is 19.9. The number of anilines is 1. The fourth-order valence-corrected chi connectivity index (χ4v) is 3.61. The van der Waals surface area contributed by atoms with Gasteiger partial charge in [-0.05, 0) is 65.0 Å². The average Bonchev–Trinajstić information content (AvgIpc) is 2.67. The molecule has 1 fully saturated rings. The molecule has 1 aliphatic rings. The van der Waals surface area contributed by atoms with Crippen molar-refractivity contribution in [3.63, 3.8) is 0 Å². The van der Waals surface area contributed by atoms with Gasteiger partial charge in [-0.3, -0.25) is 4.79 Å². The van der Waals surface area contributed by atoms with E-state index in [9.17, 15) is 9.18 Å². The summed E-state index contributed by atoms with van der Waals surface area (Å²) in [6, 6.07) is 7.85. The maximum Gasteiger partial charge on any atom is 0.258 e. The van der Waals surface area contributed by atoms with E-state index in [1.165, 1.54) is 25.3 Å². The van der Waals surface area contributed by atoms with Crippen LogP contribution in [0.5, 0.6) is 5.75 Å². The topological polar surface area (TPSA) is 54.5 Å². The highest BCUT2D eigenvalue weighted by Gasteiger charge is 2.32. The number of halogens is 2. The Bertz CT molecular complexity index is 800. The molecule has 0 radical (unpaired) electrons. The third-order valence-electron chi connectivity index (χ3n) is 4.84. The Balaban J connectivity index is 1.78. The highest BCUT2D eigenvalue weighted by Crippen LogP contribution is 2.27. The normalized spacial score (nSPS) is 19.6. The molecule has 2 atom stereocenters. The van der Waals surface area contributed by atoms with Gasteiger partial charge in [0.25, 0.3) is 5.91 Å². The van der Waals surface area contributed by atoms with E-state index in [-0.39, 0.29) is 17.5 Å². The third kappa shape index (κ3) is 4.77. The van der Waals surface area contributed by atoms with Crippen LogP contribution in [0.25, 0.3) is 0 Å². The fourth-order valence-electron chi connectivity index (χ4n) is 3.37. The maximum atomic E-state index is 13.7. The molecule has 1 aliphatic heterocycles. The van der Waals surface area contributed by atoms with Gasteiger partial charge in [0.1, 0.15) is 17.4 Å². The number of ether oxygens (including phenoxy) is 1. The number of hydrogen-bond donors (Lipinski definition) is 1. The molecule has 1 N–H and O–H groups in total. The van der Waals surface area contributed by atoms with Gasteiger partial charge in [-0.1, -0.05) is 6.92 Å². The molecule has 2 heterocycles. The molecule has 0 spiro atoms. The standard InChI is InChI=1S/C20H23BrFN3O2/c1-13-3-6-16(11-24-19-8-4-14(21)10-23-19)25(12-13)20(26)17-9-15(22)5-7-18(17)27-2/h4-5,7-10,13,16H,3,6,11-12H2,1-2H3,(H,23,24)/t13-,16?/m0/s1. The first-order valence-corrected chi connectivity index (χ1v) is 9.77. The molecular weight excluding hydrogens is 413 g/mol. The molecule has 1 aromatic heterocycles. The van der Waals surface area contributed by atoms with Gasteiger partial charge in [0.05, 0.1) is 12.7 Å². The third-order valence-corrected chi connectivity index (χ3v) is 5.31. The Morgan fingerprint density at radius 3 is 2.89 bits per heavy atom. The Hall–Kier alpha value is -2.15. The van der Waals surface area contributed by atoms with Crippen LogP contribution in [0.2, 0.25) is 0 Å². The summed E-state index contributed by atoms with van der Waals surface area (Å²) >= 11 is 3.37. The summed E-state index contributed by atoms with van der Waals surface area (Å²) in [6.07, 6.45) is 3.66. The maximum absolute atomic E-state index is 13.7. The van der Waals surface area contributed by atoms with Gasteiger partial charge in [-0.25, -0.2) is 9.37 Å². The van der Waals surface area contributed by atoms with Crippen molar-refractivity contribution in [2.45, 2.75) is 25.8 Å². The van der Waals surface area contributed by atoms with E-state index in [2.05, 4.69) is 33.2 Å². The Morgan fingerprint density at radius 2 is 2.19 bits per heavy atom. The number of hydrogen-bond acceptors (Lipinski definition) is 4. The van der Waals surface area contributed by atoms with Crippen molar-refractivity contribution >= 4 is 27.7 Å². The number of amides is 1. The van der Waals surface area contributed by atoms with Crippen molar-refractivity contribution in [3.05, 3.63) is 52.4 Å². The van der Waals surface area contributed by atoms with Crippen LogP contribution in [0.1, 0.15) is 30.1 Å². The molecule has 144 valence electrons. The highest BCUT2D eigenvalue weighted by atomic mass is 79.9. The second kappa shape index (κ2) is 8.69. The molecule has 2 aromatic rings. The molecule has 0 aliphatic carbocycles. The molecule has 1 unspecified atom stereocenters. The number of likely N-dealkylation sites (tertiary alicyclic amines) is 1. The van der Waals surface area contributed by atoms with Crippen molar-refractivity contribution in [3.8, 4) is 5.75 Å². The van der Waals surface area contributed by atoms with E-state index in [1.807, 2.05) is 17.0 Å². The van der Waals surface area contributed by atoms with E-state index < -0.39 is 5.82 Å². The average molecular weight is 436 g/mol. The minimum absolute atomic E-state index is 0.00659. The van der Waals surface area contributed by atoms with Crippen LogP contribution in [-0.4, -0.2) is 42.0 Å². The van der Waals surface area contributed by atoms with Crippen molar-refractivity contribution in [1.82, 2.24) is 9.88 Å². The summed E-state index contributed by atoms with van der Waals surface area (Å²) in [4.78, 5) is 19.3. The van der Waals surface area contributed by atoms with Crippen molar-refractivity contribution in [2.24, 2.45) is 5.92 Å². The van der Waals surface area contributed by atoms with Gasteiger partial charge in [-0.2, -0.15) is 0 Å². The van der Waals surface area contributed by atoms with Crippen LogP contribution in [0, 0.1) is 11.7 Å². The summed E-state index contributed by atoms with van der Waals surface area (Å²) in [5.74, 6) is 0.899. The molecule has 1 amide bonds. The van der Waals surface area contributed by atoms with Gasteiger partial charge in [0.15, 0.2) is 0 Å². The number of carbonyl (C=O) groups excluding carboxylic acids is 1. The first-order chi connectivity index (χ1) is 13.0.